The second kappa shape index (κ2) is 5.41. The van der Waals surface area contributed by atoms with E-state index in [1.165, 1.54) is 0 Å². The Morgan fingerprint density at radius 3 is 2.16 bits per heavy atom. The average Bonchev–Trinajstić information content (AvgIpc) is 2.23. The summed E-state index contributed by atoms with van der Waals surface area (Å²) in [6, 6.07) is 0.367. The molecule has 0 radical (unpaired) electrons. The van der Waals surface area contributed by atoms with Gasteiger partial charge in [-0.05, 0) is 0 Å². The van der Waals surface area contributed by atoms with Crippen LogP contribution < -0.4 is 4.74 Å². The van der Waals surface area contributed by atoms with E-state index >= 15 is 0 Å². The van der Waals surface area contributed by atoms with Crippen molar-refractivity contribution in [3.63, 3.8) is 0 Å². The molecule has 0 fully saturated rings. The Morgan fingerprint density at radius 1 is 1.21 bits per heavy atom. The van der Waals surface area contributed by atoms with Crippen LogP contribution in [-0.4, -0.2) is 16.5 Å². The van der Waals surface area contributed by atoms with Crippen molar-refractivity contribution in [3.05, 3.63) is 23.0 Å². The lowest BCUT2D eigenvalue weighted by molar-refractivity contribution is -0.276. The number of halogens is 7. The zero-order valence-electron chi connectivity index (χ0n) is 8.94. The Labute approximate surface area is 107 Å². The number of nitrogens with zero attached hydrogens (tertiary/aromatic N) is 1. The Bertz CT molecular complexity index is 459. The highest BCUT2D eigenvalue weighted by Gasteiger charge is 2.42. The molecule has 0 unspecified atom stereocenters. The zero-order chi connectivity index (χ0) is 14.8. The number of rotatable bonds is 3. The molecule has 1 aromatic rings. The molecule has 19 heavy (non-hydrogen) atoms. The van der Waals surface area contributed by atoms with Gasteiger partial charge in [-0.25, -0.2) is 0 Å². The van der Waals surface area contributed by atoms with E-state index in [0.29, 0.717) is 6.07 Å². The summed E-state index contributed by atoms with van der Waals surface area (Å²) >= 11 is 5.23. The smallest absolute Gasteiger partial charge is 0.405 e. The van der Waals surface area contributed by atoms with Gasteiger partial charge in [-0.2, -0.15) is 13.2 Å². The van der Waals surface area contributed by atoms with Crippen LogP contribution in [-0.2, 0) is 18.7 Å². The summed E-state index contributed by atoms with van der Waals surface area (Å²) in [5.41, 5.74) is -2.97. The van der Waals surface area contributed by atoms with Crippen molar-refractivity contribution in [2.45, 2.75) is 25.0 Å². The van der Waals surface area contributed by atoms with Crippen LogP contribution in [0.15, 0.2) is 6.07 Å². The van der Waals surface area contributed by atoms with Gasteiger partial charge >= 0.3 is 12.5 Å². The van der Waals surface area contributed by atoms with Gasteiger partial charge in [-0.1, -0.05) is 0 Å². The Morgan fingerprint density at radius 2 is 1.79 bits per heavy atom. The molecule has 0 bridgehead atoms. The highest BCUT2D eigenvalue weighted by atomic mass is 35.5. The molecule has 0 saturated carbocycles. The van der Waals surface area contributed by atoms with Crippen molar-refractivity contribution >= 4 is 11.6 Å². The quantitative estimate of drug-likeness (QED) is 0.688. The normalized spacial score (nSPS) is 12.6. The van der Waals surface area contributed by atoms with Gasteiger partial charge < -0.3 is 9.84 Å². The van der Waals surface area contributed by atoms with E-state index in [4.69, 9.17) is 16.7 Å². The van der Waals surface area contributed by atoms with Crippen LogP contribution in [0.5, 0.6) is 5.75 Å². The summed E-state index contributed by atoms with van der Waals surface area (Å²) in [6.45, 7) is -0.851. The van der Waals surface area contributed by atoms with Crippen LogP contribution in [0.1, 0.15) is 17.0 Å². The molecule has 0 aliphatic carbocycles. The molecular weight excluding hydrogens is 304 g/mol. The number of aliphatic hydroxyl groups is 1. The monoisotopic (exact) mass is 309 g/mol. The van der Waals surface area contributed by atoms with E-state index in [-0.39, 0.29) is 0 Å². The number of aliphatic hydroxyl groups excluding tert-OH is 1. The van der Waals surface area contributed by atoms with E-state index in [1.807, 2.05) is 0 Å². The molecule has 0 saturated heterocycles. The number of ether oxygens (including phenoxy) is 1. The van der Waals surface area contributed by atoms with E-state index < -0.39 is 47.7 Å². The molecule has 108 valence electrons. The summed E-state index contributed by atoms with van der Waals surface area (Å²) < 4.78 is 77.6. The molecule has 1 heterocycles. The first kappa shape index (κ1) is 15.8. The number of alkyl halides is 7. The highest BCUT2D eigenvalue weighted by molar-refractivity contribution is 6.17. The number of pyridine rings is 1. The maximum absolute atomic E-state index is 12.7. The Balaban J connectivity index is 3.47. The van der Waals surface area contributed by atoms with Crippen molar-refractivity contribution in [1.82, 2.24) is 4.98 Å². The molecule has 0 aliphatic heterocycles. The largest absolute Gasteiger partial charge is 0.573 e. The number of hydrogen-bond acceptors (Lipinski definition) is 3. The van der Waals surface area contributed by atoms with Crippen LogP contribution in [0.4, 0.5) is 26.3 Å². The first-order chi connectivity index (χ1) is 8.58. The lowest BCUT2D eigenvalue weighted by Crippen LogP contribution is -2.22. The molecule has 0 aliphatic rings. The highest BCUT2D eigenvalue weighted by Crippen LogP contribution is 2.41. The van der Waals surface area contributed by atoms with Gasteiger partial charge in [0.05, 0.1) is 23.9 Å². The molecule has 0 spiro atoms. The molecular formula is C9H6ClF6NO2. The zero-order valence-corrected chi connectivity index (χ0v) is 9.70. The first-order valence-corrected chi connectivity index (χ1v) is 5.14. The predicted octanol–water partition coefficient (Wildman–Crippen LogP) is 3.23. The summed E-state index contributed by atoms with van der Waals surface area (Å²) in [6.07, 6.45) is -10.4. The summed E-state index contributed by atoms with van der Waals surface area (Å²) in [5.74, 6) is -2.27. The van der Waals surface area contributed by atoms with Gasteiger partial charge in [-0.15, -0.1) is 24.8 Å². The second-order valence-corrected chi connectivity index (χ2v) is 3.54. The molecule has 3 nitrogen and oxygen atoms in total. The van der Waals surface area contributed by atoms with Gasteiger partial charge in [0.1, 0.15) is 11.3 Å². The third-order valence-electron chi connectivity index (χ3n) is 1.91. The van der Waals surface area contributed by atoms with Crippen molar-refractivity contribution < 1.29 is 36.2 Å². The van der Waals surface area contributed by atoms with Crippen molar-refractivity contribution in [3.8, 4) is 5.75 Å². The minimum Gasteiger partial charge on any atom is -0.405 e. The number of hydrogen-bond donors (Lipinski definition) is 1. The van der Waals surface area contributed by atoms with Crippen molar-refractivity contribution in [2.75, 3.05) is 0 Å². The molecule has 1 rings (SSSR count). The van der Waals surface area contributed by atoms with Gasteiger partial charge in [0, 0.05) is 6.07 Å². The van der Waals surface area contributed by atoms with Gasteiger partial charge in [0.15, 0.2) is 0 Å². The summed E-state index contributed by atoms with van der Waals surface area (Å²) in [4.78, 5) is 3.32. The fraction of sp³-hybridized carbons (Fsp3) is 0.444. The molecule has 1 N–H and O–H groups in total. The first-order valence-electron chi connectivity index (χ1n) is 4.61. The van der Waals surface area contributed by atoms with Crippen LogP contribution in [0.3, 0.4) is 0 Å². The van der Waals surface area contributed by atoms with Crippen LogP contribution in [0.2, 0.25) is 0 Å². The van der Waals surface area contributed by atoms with Gasteiger partial charge in [0.25, 0.3) is 0 Å². The maximum Gasteiger partial charge on any atom is 0.573 e. The summed E-state index contributed by atoms with van der Waals surface area (Å²) in [7, 11) is 0. The molecule has 1 aromatic heterocycles. The number of aromatic nitrogens is 1. The van der Waals surface area contributed by atoms with Crippen molar-refractivity contribution in [1.29, 1.82) is 0 Å². The third-order valence-corrected chi connectivity index (χ3v) is 2.16. The van der Waals surface area contributed by atoms with Crippen molar-refractivity contribution in [2.24, 2.45) is 0 Å². The van der Waals surface area contributed by atoms with Crippen LogP contribution in [0, 0.1) is 0 Å². The second-order valence-electron chi connectivity index (χ2n) is 3.27. The van der Waals surface area contributed by atoms with Crippen LogP contribution in [0.25, 0.3) is 0 Å². The minimum absolute atomic E-state index is 0.367. The minimum atomic E-state index is -5.31. The maximum atomic E-state index is 12.7. The van der Waals surface area contributed by atoms with Gasteiger partial charge in [0.2, 0.25) is 0 Å². The van der Waals surface area contributed by atoms with Gasteiger partial charge in [-0.3, -0.25) is 4.98 Å². The SMILES string of the molecule is OCc1cc(OC(F)(F)F)c(C(F)(F)F)c(CCl)n1. The third kappa shape index (κ3) is 4.13. The Kier molecular flexibility index (Phi) is 4.51. The molecule has 0 amide bonds. The lowest BCUT2D eigenvalue weighted by Gasteiger charge is -2.18. The van der Waals surface area contributed by atoms with E-state index in [9.17, 15) is 26.3 Å². The predicted molar refractivity (Wildman–Crippen MR) is 51.4 cm³/mol. The van der Waals surface area contributed by atoms with E-state index in [2.05, 4.69) is 9.72 Å². The average molecular weight is 310 g/mol. The standard InChI is InChI=1S/C9H6ClF6NO2/c10-2-5-7(8(11,12)13)6(19-9(14,15)16)1-4(3-18)17-5/h1,18H,2-3H2. The topological polar surface area (TPSA) is 42.4 Å². The van der Waals surface area contributed by atoms with Crippen LogP contribution >= 0.6 is 11.6 Å². The molecule has 0 aromatic carbocycles. The fourth-order valence-electron chi connectivity index (χ4n) is 1.31. The Hall–Kier alpha value is -1.22. The van der Waals surface area contributed by atoms with E-state index in [0.717, 1.165) is 0 Å². The van der Waals surface area contributed by atoms with E-state index in [1.54, 1.807) is 0 Å². The lowest BCUT2D eigenvalue weighted by atomic mass is 10.1. The molecule has 10 heteroatoms. The fourth-order valence-corrected chi connectivity index (χ4v) is 1.51. The summed E-state index contributed by atoms with van der Waals surface area (Å²) in [5, 5.41) is 8.75. The molecule has 0 atom stereocenters.